The predicted octanol–water partition coefficient (Wildman–Crippen LogP) is 4.40. The standard InChI is InChI=1S/C18H40N2/c1-9-17(10-2)20(12-16(5)6)14-18(7,8)13-19-11-15(3)4/h15-17,19H,9-14H2,1-8H3. The van der Waals surface area contributed by atoms with Crippen LogP contribution in [0.2, 0.25) is 0 Å². The maximum absolute atomic E-state index is 3.63. The molecule has 2 heteroatoms. The summed E-state index contributed by atoms with van der Waals surface area (Å²) in [5, 5.41) is 3.63. The molecule has 0 atom stereocenters. The van der Waals surface area contributed by atoms with E-state index in [9.17, 15) is 0 Å². The highest BCUT2D eigenvalue weighted by Crippen LogP contribution is 2.21. The summed E-state index contributed by atoms with van der Waals surface area (Å²) in [6.45, 7) is 23.3. The maximum atomic E-state index is 3.63. The van der Waals surface area contributed by atoms with Crippen LogP contribution >= 0.6 is 0 Å². The third-order valence-corrected chi connectivity index (χ3v) is 3.85. The van der Waals surface area contributed by atoms with Gasteiger partial charge in [0.1, 0.15) is 0 Å². The van der Waals surface area contributed by atoms with E-state index in [-0.39, 0.29) is 0 Å². The largest absolute Gasteiger partial charge is 0.316 e. The van der Waals surface area contributed by atoms with Crippen LogP contribution in [0.3, 0.4) is 0 Å². The van der Waals surface area contributed by atoms with Crippen LogP contribution in [0, 0.1) is 17.3 Å². The van der Waals surface area contributed by atoms with E-state index >= 15 is 0 Å². The second kappa shape index (κ2) is 9.78. The molecule has 0 saturated carbocycles. The van der Waals surface area contributed by atoms with Crippen molar-refractivity contribution >= 4 is 0 Å². The Labute approximate surface area is 128 Å². The lowest BCUT2D eigenvalue weighted by atomic mass is 9.90. The average Bonchev–Trinajstić information content (AvgIpc) is 2.28. The summed E-state index contributed by atoms with van der Waals surface area (Å²) in [7, 11) is 0. The van der Waals surface area contributed by atoms with Gasteiger partial charge in [0.25, 0.3) is 0 Å². The summed E-state index contributed by atoms with van der Waals surface area (Å²) in [4.78, 5) is 2.72. The second-order valence-electron chi connectivity index (χ2n) is 7.98. The molecule has 0 heterocycles. The highest BCUT2D eigenvalue weighted by Gasteiger charge is 2.25. The van der Waals surface area contributed by atoms with Crippen molar-refractivity contribution in [3.05, 3.63) is 0 Å². The lowest BCUT2D eigenvalue weighted by molar-refractivity contribution is 0.107. The minimum atomic E-state index is 0.340. The molecule has 0 amide bonds. The highest BCUT2D eigenvalue weighted by atomic mass is 15.2. The minimum Gasteiger partial charge on any atom is -0.316 e. The molecule has 0 aliphatic carbocycles. The summed E-state index contributed by atoms with van der Waals surface area (Å²) in [5.74, 6) is 1.48. The molecule has 0 saturated heterocycles. The zero-order valence-corrected chi connectivity index (χ0v) is 15.4. The summed E-state index contributed by atoms with van der Waals surface area (Å²) >= 11 is 0. The number of rotatable bonds is 11. The molecule has 0 fully saturated rings. The third-order valence-electron chi connectivity index (χ3n) is 3.85. The van der Waals surface area contributed by atoms with Gasteiger partial charge >= 0.3 is 0 Å². The van der Waals surface area contributed by atoms with Gasteiger partial charge in [0.05, 0.1) is 0 Å². The van der Waals surface area contributed by atoms with Crippen LogP contribution < -0.4 is 5.32 Å². The summed E-state index contributed by atoms with van der Waals surface area (Å²) in [6, 6.07) is 0.738. The van der Waals surface area contributed by atoms with E-state index in [2.05, 4.69) is 65.6 Å². The monoisotopic (exact) mass is 284 g/mol. The Morgan fingerprint density at radius 1 is 0.950 bits per heavy atom. The van der Waals surface area contributed by atoms with Crippen molar-refractivity contribution in [3.63, 3.8) is 0 Å². The Balaban J connectivity index is 4.51. The first-order valence-electron chi connectivity index (χ1n) is 8.66. The van der Waals surface area contributed by atoms with E-state index in [0.29, 0.717) is 5.41 Å². The molecule has 0 aliphatic rings. The first-order chi connectivity index (χ1) is 9.21. The van der Waals surface area contributed by atoms with Crippen LogP contribution in [0.1, 0.15) is 68.2 Å². The van der Waals surface area contributed by atoms with Gasteiger partial charge in [-0.15, -0.1) is 0 Å². The molecule has 0 unspecified atom stereocenters. The van der Waals surface area contributed by atoms with E-state index in [0.717, 1.165) is 31.0 Å². The van der Waals surface area contributed by atoms with Gasteiger partial charge in [-0.05, 0) is 36.6 Å². The van der Waals surface area contributed by atoms with E-state index in [1.165, 1.54) is 25.9 Å². The minimum absolute atomic E-state index is 0.340. The fourth-order valence-electron chi connectivity index (χ4n) is 2.92. The Morgan fingerprint density at radius 2 is 1.50 bits per heavy atom. The SMILES string of the molecule is CCC(CC)N(CC(C)C)CC(C)(C)CNCC(C)C. The molecule has 0 rings (SSSR count). The lowest BCUT2D eigenvalue weighted by Crippen LogP contribution is -2.46. The Bertz CT molecular complexity index is 230. The molecule has 2 nitrogen and oxygen atoms in total. The van der Waals surface area contributed by atoms with Crippen molar-refractivity contribution in [2.24, 2.45) is 17.3 Å². The van der Waals surface area contributed by atoms with Crippen LogP contribution in [0.15, 0.2) is 0 Å². The van der Waals surface area contributed by atoms with Gasteiger partial charge in [-0.25, -0.2) is 0 Å². The van der Waals surface area contributed by atoms with Gasteiger partial charge in [-0.1, -0.05) is 55.4 Å². The van der Waals surface area contributed by atoms with Crippen LogP contribution in [0.25, 0.3) is 0 Å². The van der Waals surface area contributed by atoms with Crippen LogP contribution in [0.4, 0.5) is 0 Å². The molecule has 0 aromatic rings. The smallest absolute Gasteiger partial charge is 0.00903 e. The van der Waals surface area contributed by atoms with E-state index < -0.39 is 0 Å². The molecule has 0 aliphatic heterocycles. The van der Waals surface area contributed by atoms with Crippen molar-refractivity contribution in [1.82, 2.24) is 10.2 Å². The fraction of sp³-hybridized carbons (Fsp3) is 1.00. The fourth-order valence-corrected chi connectivity index (χ4v) is 2.92. The van der Waals surface area contributed by atoms with Gasteiger partial charge in [0.15, 0.2) is 0 Å². The number of nitrogens with zero attached hydrogens (tertiary/aromatic N) is 1. The van der Waals surface area contributed by atoms with Crippen LogP contribution in [-0.2, 0) is 0 Å². The molecular formula is C18H40N2. The Morgan fingerprint density at radius 3 is 1.90 bits per heavy atom. The molecule has 122 valence electrons. The van der Waals surface area contributed by atoms with E-state index in [1.807, 2.05) is 0 Å². The van der Waals surface area contributed by atoms with Crippen LogP contribution in [-0.4, -0.2) is 37.1 Å². The second-order valence-corrected chi connectivity index (χ2v) is 7.98. The molecule has 0 aromatic heterocycles. The summed E-state index contributed by atoms with van der Waals surface area (Å²) in [6.07, 6.45) is 2.53. The first-order valence-corrected chi connectivity index (χ1v) is 8.66. The Kier molecular flexibility index (Phi) is 9.74. The van der Waals surface area contributed by atoms with Gasteiger partial charge in [0, 0.05) is 25.7 Å². The van der Waals surface area contributed by atoms with Crippen molar-refractivity contribution < 1.29 is 0 Å². The normalized spacial score (nSPS) is 13.2. The van der Waals surface area contributed by atoms with Gasteiger partial charge in [0.2, 0.25) is 0 Å². The third kappa shape index (κ3) is 8.97. The zero-order valence-electron chi connectivity index (χ0n) is 15.4. The highest BCUT2D eigenvalue weighted by molar-refractivity contribution is 4.80. The van der Waals surface area contributed by atoms with Crippen molar-refractivity contribution in [1.29, 1.82) is 0 Å². The first kappa shape index (κ1) is 19.9. The predicted molar refractivity (Wildman–Crippen MR) is 92.3 cm³/mol. The van der Waals surface area contributed by atoms with Gasteiger partial charge < -0.3 is 5.32 Å². The molecule has 20 heavy (non-hydrogen) atoms. The van der Waals surface area contributed by atoms with Gasteiger partial charge in [-0.2, -0.15) is 0 Å². The molecular weight excluding hydrogens is 244 g/mol. The van der Waals surface area contributed by atoms with E-state index in [4.69, 9.17) is 0 Å². The number of hydrogen-bond donors (Lipinski definition) is 1. The summed E-state index contributed by atoms with van der Waals surface area (Å²) in [5.41, 5.74) is 0.340. The topological polar surface area (TPSA) is 15.3 Å². The quantitative estimate of drug-likeness (QED) is 0.605. The van der Waals surface area contributed by atoms with Crippen molar-refractivity contribution in [2.45, 2.75) is 74.3 Å². The number of nitrogens with one attached hydrogen (secondary N) is 1. The Hall–Kier alpha value is -0.0800. The molecule has 1 N–H and O–H groups in total. The summed E-state index contributed by atoms with van der Waals surface area (Å²) < 4.78 is 0. The molecule has 0 radical (unpaired) electrons. The van der Waals surface area contributed by atoms with Gasteiger partial charge in [-0.3, -0.25) is 4.90 Å². The molecule has 0 bridgehead atoms. The lowest BCUT2D eigenvalue weighted by Gasteiger charge is -2.38. The maximum Gasteiger partial charge on any atom is 0.00903 e. The van der Waals surface area contributed by atoms with Crippen molar-refractivity contribution in [2.75, 3.05) is 26.2 Å². The number of hydrogen-bond acceptors (Lipinski definition) is 2. The van der Waals surface area contributed by atoms with Crippen LogP contribution in [0.5, 0.6) is 0 Å². The van der Waals surface area contributed by atoms with E-state index in [1.54, 1.807) is 0 Å². The average molecular weight is 285 g/mol. The van der Waals surface area contributed by atoms with Crippen molar-refractivity contribution in [3.8, 4) is 0 Å². The molecule has 0 spiro atoms. The molecule has 0 aromatic carbocycles. The zero-order chi connectivity index (χ0) is 15.8.